The Balaban J connectivity index is 2.53. The van der Waals surface area contributed by atoms with Crippen LogP contribution in [0.25, 0.3) is 0 Å². The fraction of sp³-hybridized carbons (Fsp3) is 0.562. The number of hydrogen-bond donors (Lipinski definition) is 2. The van der Waals surface area contributed by atoms with Gasteiger partial charge >= 0.3 is 0 Å². The van der Waals surface area contributed by atoms with Crippen molar-refractivity contribution >= 4 is 0 Å². The highest BCUT2D eigenvalue weighted by Gasteiger charge is 2.10. The van der Waals surface area contributed by atoms with E-state index in [1.165, 1.54) is 0 Å². The van der Waals surface area contributed by atoms with Crippen LogP contribution in [0, 0.1) is 17.2 Å². The highest BCUT2D eigenvalue weighted by molar-refractivity contribution is 5.33. The number of benzene rings is 1. The zero-order valence-electron chi connectivity index (χ0n) is 11.9. The van der Waals surface area contributed by atoms with Crippen LogP contribution < -0.4 is 5.32 Å². The first kappa shape index (κ1) is 15.7. The number of rotatable bonds is 8. The van der Waals surface area contributed by atoms with Crippen LogP contribution >= 0.6 is 0 Å². The summed E-state index contributed by atoms with van der Waals surface area (Å²) in [6.45, 7) is 5.44. The highest BCUT2D eigenvalue weighted by Crippen LogP contribution is 2.16. The minimum Gasteiger partial charge on any atom is -0.396 e. The van der Waals surface area contributed by atoms with E-state index in [0.29, 0.717) is 11.5 Å². The van der Waals surface area contributed by atoms with Crippen molar-refractivity contribution in [3.05, 3.63) is 35.4 Å². The molecule has 0 radical (unpaired) electrons. The molecule has 0 spiro atoms. The molecule has 0 aliphatic heterocycles. The van der Waals surface area contributed by atoms with Gasteiger partial charge in [-0.15, -0.1) is 0 Å². The van der Waals surface area contributed by atoms with Gasteiger partial charge in [0.25, 0.3) is 0 Å². The third kappa shape index (κ3) is 5.42. The third-order valence-electron chi connectivity index (χ3n) is 3.46. The van der Waals surface area contributed by atoms with Gasteiger partial charge in [0.1, 0.15) is 0 Å². The minimum atomic E-state index is 0.228. The van der Waals surface area contributed by atoms with Crippen LogP contribution in [0.5, 0.6) is 0 Å². The van der Waals surface area contributed by atoms with Gasteiger partial charge in [-0.05, 0) is 49.9 Å². The first-order valence-corrected chi connectivity index (χ1v) is 7.05. The Bertz CT molecular complexity index is 405. The lowest BCUT2D eigenvalue weighted by molar-refractivity contribution is 0.246. The van der Waals surface area contributed by atoms with Gasteiger partial charge in [0, 0.05) is 12.6 Å². The molecule has 3 nitrogen and oxygen atoms in total. The van der Waals surface area contributed by atoms with E-state index in [9.17, 15) is 0 Å². The maximum Gasteiger partial charge on any atom is 0.0991 e. The van der Waals surface area contributed by atoms with Crippen molar-refractivity contribution < 1.29 is 5.11 Å². The molecule has 2 N–H and O–H groups in total. The number of nitrogens with zero attached hydrogens (tertiary/aromatic N) is 1. The molecule has 0 saturated heterocycles. The maximum absolute atomic E-state index is 9.05. The average molecular weight is 260 g/mol. The molecule has 1 rings (SSSR count). The van der Waals surface area contributed by atoms with Crippen LogP contribution in [-0.2, 0) is 0 Å². The Hall–Kier alpha value is -1.37. The SMILES string of the molecule is CCCC(CCO)CNC(C)c1cccc(C#N)c1. The van der Waals surface area contributed by atoms with Crippen molar-refractivity contribution in [1.29, 1.82) is 5.26 Å². The van der Waals surface area contributed by atoms with Crippen molar-refractivity contribution in [2.24, 2.45) is 5.92 Å². The Morgan fingerprint density at radius 2 is 2.16 bits per heavy atom. The zero-order chi connectivity index (χ0) is 14.1. The molecule has 0 aliphatic carbocycles. The van der Waals surface area contributed by atoms with Crippen molar-refractivity contribution in [2.75, 3.05) is 13.2 Å². The molecular weight excluding hydrogens is 236 g/mol. The first-order chi connectivity index (χ1) is 9.21. The molecule has 1 aromatic rings. The smallest absolute Gasteiger partial charge is 0.0991 e. The summed E-state index contributed by atoms with van der Waals surface area (Å²) in [6.07, 6.45) is 3.13. The van der Waals surface area contributed by atoms with E-state index in [4.69, 9.17) is 10.4 Å². The lowest BCUT2D eigenvalue weighted by Gasteiger charge is -2.20. The Labute approximate surface area is 116 Å². The number of nitrogens with one attached hydrogen (secondary N) is 1. The quantitative estimate of drug-likeness (QED) is 0.755. The Morgan fingerprint density at radius 1 is 1.37 bits per heavy atom. The summed E-state index contributed by atoms with van der Waals surface area (Å²) < 4.78 is 0. The molecule has 0 aliphatic rings. The summed E-state index contributed by atoms with van der Waals surface area (Å²) in [5, 5.41) is 21.5. The highest BCUT2D eigenvalue weighted by atomic mass is 16.3. The van der Waals surface area contributed by atoms with Crippen LogP contribution in [0.4, 0.5) is 0 Å². The molecule has 1 aromatic carbocycles. The van der Waals surface area contributed by atoms with E-state index in [2.05, 4.69) is 25.2 Å². The van der Waals surface area contributed by atoms with Crippen molar-refractivity contribution in [3.8, 4) is 6.07 Å². The zero-order valence-corrected chi connectivity index (χ0v) is 11.9. The van der Waals surface area contributed by atoms with Gasteiger partial charge in [0.2, 0.25) is 0 Å². The monoisotopic (exact) mass is 260 g/mol. The maximum atomic E-state index is 9.05. The van der Waals surface area contributed by atoms with Crippen LogP contribution in [0.15, 0.2) is 24.3 Å². The van der Waals surface area contributed by atoms with Gasteiger partial charge in [-0.3, -0.25) is 0 Å². The fourth-order valence-corrected chi connectivity index (χ4v) is 2.28. The van der Waals surface area contributed by atoms with Gasteiger partial charge in [0.15, 0.2) is 0 Å². The summed E-state index contributed by atoms with van der Waals surface area (Å²) in [5.74, 6) is 0.525. The van der Waals surface area contributed by atoms with Gasteiger partial charge in [0.05, 0.1) is 11.6 Å². The average Bonchev–Trinajstić information content (AvgIpc) is 2.45. The largest absolute Gasteiger partial charge is 0.396 e. The summed E-state index contributed by atoms with van der Waals surface area (Å²) in [7, 11) is 0. The van der Waals surface area contributed by atoms with E-state index < -0.39 is 0 Å². The van der Waals surface area contributed by atoms with E-state index in [-0.39, 0.29) is 12.6 Å². The summed E-state index contributed by atoms with van der Waals surface area (Å²) in [4.78, 5) is 0. The molecule has 0 bridgehead atoms. The number of nitriles is 1. The lowest BCUT2D eigenvalue weighted by Crippen LogP contribution is -2.26. The van der Waals surface area contributed by atoms with Gasteiger partial charge in [-0.25, -0.2) is 0 Å². The van der Waals surface area contributed by atoms with Crippen molar-refractivity contribution in [2.45, 2.75) is 39.2 Å². The molecule has 0 fully saturated rings. The number of aliphatic hydroxyl groups excluding tert-OH is 1. The third-order valence-corrected chi connectivity index (χ3v) is 3.46. The lowest BCUT2D eigenvalue weighted by atomic mass is 9.99. The second-order valence-corrected chi connectivity index (χ2v) is 5.03. The van der Waals surface area contributed by atoms with Gasteiger partial charge in [-0.1, -0.05) is 25.5 Å². The molecule has 0 saturated carbocycles. The normalized spacial score (nSPS) is 13.8. The van der Waals surface area contributed by atoms with Gasteiger partial charge in [-0.2, -0.15) is 5.26 Å². The Morgan fingerprint density at radius 3 is 2.79 bits per heavy atom. The molecule has 0 aromatic heterocycles. The number of hydrogen-bond acceptors (Lipinski definition) is 3. The number of aliphatic hydroxyl groups is 1. The molecule has 19 heavy (non-hydrogen) atoms. The van der Waals surface area contributed by atoms with Crippen molar-refractivity contribution in [1.82, 2.24) is 5.32 Å². The topological polar surface area (TPSA) is 56.0 Å². The fourth-order valence-electron chi connectivity index (χ4n) is 2.28. The summed E-state index contributed by atoms with van der Waals surface area (Å²) in [5.41, 5.74) is 1.84. The molecule has 104 valence electrons. The summed E-state index contributed by atoms with van der Waals surface area (Å²) in [6, 6.07) is 10.1. The van der Waals surface area contributed by atoms with Crippen LogP contribution in [-0.4, -0.2) is 18.3 Å². The second-order valence-electron chi connectivity index (χ2n) is 5.03. The predicted octanol–water partition coefficient (Wildman–Crippen LogP) is 3.01. The van der Waals surface area contributed by atoms with E-state index >= 15 is 0 Å². The minimum absolute atomic E-state index is 0.228. The molecule has 2 atom stereocenters. The van der Waals surface area contributed by atoms with Crippen LogP contribution in [0.2, 0.25) is 0 Å². The second kappa shape index (κ2) is 8.68. The van der Waals surface area contributed by atoms with Crippen molar-refractivity contribution in [3.63, 3.8) is 0 Å². The van der Waals surface area contributed by atoms with Gasteiger partial charge < -0.3 is 10.4 Å². The standard InChI is InChI=1S/C16H24N2O/c1-3-5-14(8-9-19)12-18-13(2)16-7-4-6-15(10-16)11-17/h4,6-7,10,13-14,18-19H,3,5,8-9,12H2,1-2H3. The first-order valence-electron chi connectivity index (χ1n) is 7.05. The molecule has 3 heteroatoms. The molecule has 2 unspecified atom stereocenters. The Kier molecular flexibility index (Phi) is 7.17. The van der Waals surface area contributed by atoms with Crippen LogP contribution in [0.1, 0.15) is 50.3 Å². The van der Waals surface area contributed by atoms with E-state index in [1.807, 2.05) is 24.3 Å². The van der Waals surface area contributed by atoms with Crippen LogP contribution in [0.3, 0.4) is 0 Å². The summed E-state index contributed by atoms with van der Waals surface area (Å²) >= 11 is 0. The predicted molar refractivity (Wildman–Crippen MR) is 77.7 cm³/mol. The molecular formula is C16H24N2O. The molecule has 0 amide bonds. The molecule has 0 heterocycles. The van der Waals surface area contributed by atoms with E-state index in [1.54, 1.807) is 0 Å². The van der Waals surface area contributed by atoms with E-state index in [0.717, 1.165) is 31.4 Å².